The van der Waals surface area contributed by atoms with Gasteiger partial charge in [-0.3, -0.25) is 4.79 Å². The molecular weight excluding hydrogens is 324 g/mol. The molecule has 1 aliphatic heterocycles. The first-order chi connectivity index (χ1) is 11.8. The van der Waals surface area contributed by atoms with Gasteiger partial charge in [-0.2, -0.15) is 0 Å². The van der Waals surface area contributed by atoms with Crippen molar-refractivity contribution in [1.82, 2.24) is 15.3 Å². The summed E-state index contributed by atoms with van der Waals surface area (Å²) in [6.45, 7) is 0.883. The van der Waals surface area contributed by atoms with Gasteiger partial charge in [-0.25, -0.2) is 9.97 Å². The number of aromatic nitrogens is 2. The fourth-order valence-electron chi connectivity index (χ4n) is 2.72. The van der Waals surface area contributed by atoms with Crippen molar-refractivity contribution in [2.45, 2.75) is 18.9 Å². The number of benzene rings is 1. The first-order valence-corrected chi connectivity index (χ1v) is 8.63. The van der Waals surface area contributed by atoms with E-state index in [0.717, 1.165) is 30.6 Å². The Hall–Kier alpha value is -2.51. The van der Waals surface area contributed by atoms with Crippen LogP contribution in [0.2, 0.25) is 0 Å². The number of hydrogen-bond donors (Lipinski definition) is 2. The second kappa shape index (κ2) is 6.54. The van der Waals surface area contributed by atoms with E-state index >= 15 is 0 Å². The molecule has 1 fully saturated rings. The van der Waals surface area contributed by atoms with Crippen LogP contribution in [-0.4, -0.2) is 28.5 Å². The Morgan fingerprint density at radius 1 is 1.33 bits per heavy atom. The SMILES string of the molecule is O=C(Nc1sc(-c2ncco2)nc1-c1ccccc1)C1CCCN1. The molecule has 0 saturated carbocycles. The number of amides is 1. The average molecular weight is 340 g/mol. The molecule has 3 heterocycles. The molecule has 1 amide bonds. The lowest BCUT2D eigenvalue weighted by Crippen LogP contribution is -2.35. The van der Waals surface area contributed by atoms with Crippen molar-refractivity contribution < 1.29 is 9.21 Å². The average Bonchev–Trinajstić information content (AvgIpc) is 3.36. The first-order valence-electron chi connectivity index (χ1n) is 7.81. The van der Waals surface area contributed by atoms with Crippen molar-refractivity contribution in [1.29, 1.82) is 0 Å². The topological polar surface area (TPSA) is 80.1 Å². The number of nitrogens with zero attached hydrogens (tertiary/aromatic N) is 2. The minimum atomic E-state index is -0.138. The number of hydrogen-bond acceptors (Lipinski definition) is 6. The quantitative estimate of drug-likeness (QED) is 0.762. The van der Waals surface area contributed by atoms with E-state index in [2.05, 4.69) is 20.6 Å². The van der Waals surface area contributed by atoms with E-state index in [1.807, 2.05) is 30.3 Å². The maximum atomic E-state index is 12.5. The lowest BCUT2D eigenvalue weighted by Gasteiger charge is -2.10. The molecule has 1 atom stereocenters. The van der Waals surface area contributed by atoms with Gasteiger partial charge in [-0.15, -0.1) is 0 Å². The molecule has 7 heteroatoms. The fourth-order valence-corrected chi connectivity index (χ4v) is 3.65. The third-order valence-electron chi connectivity index (χ3n) is 3.90. The minimum absolute atomic E-state index is 0.0210. The van der Waals surface area contributed by atoms with E-state index in [9.17, 15) is 4.79 Å². The molecule has 0 bridgehead atoms. The van der Waals surface area contributed by atoms with Crippen LogP contribution < -0.4 is 10.6 Å². The minimum Gasteiger partial charge on any atom is -0.443 e. The predicted molar refractivity (Wildman–Crippen MR) is 92.7 cm³/mol. The van der Waals surface area contributed by atoms with Gasteiger partial charge in [0.25, 0.3) is 5.89 Å². The highest BCUT2D eigenvalue weighted by Crippen LogP contribution is 2.37. The molecular formula is C17H16N4O2S. The summed E-state index contributed by atoms with van der Waals surface area (Å²) in [6.07, 6.45) is 4.98. The highest BCUT2D eigenvalue weighted by atomic mass is 32.1. The molecule has 1 aliphatic rings. The molecule has 24 heavy (non-hydrogen) atoms. The van der Waals surface area contributed by atoms with Crippen molar-refractivity contribution in [2.24, 2.45) is 0 Å². The molecule has 3 aromatic rings. The van der Waals surface area contributed by atoms with E-state index in [1.54, 1.807) is 6.20 Å². The normalized spacial score (nSPS) is 17.1. The van der Waals surface area contributed by atoms with Gasteiger partial charge in [-0.1, -0.05) is 41.7 Å². The summed E-state index contributed by atoms with van der Waals surface area (Å²) in [6, 6.07) is 9.65. The molecule has 2 aromatic heterocycles. The summed E-state index contributed by atoms with van der Waals surface area (Å²) < 4.78 is 5.34. The number of thiazole rings is 1. The smallest absolute Gasteiger partial charge is 0.255 e. The van der Waals surface area contributed by atoms with Crippen molar-refractivity contribution in [3.63, 3.8) is 0 Å². The van der Waals surface area contributed by atoms with E-state index in [-0.39, 0.29) is 11.9 Å². The molecule has 1 saturated heterocycles. The molecule has 122 valence electrons. The van der Waals surface area contributed by atoms with Crippen LogP contribution in [0.1, 0.15) is 12.8 Å². The number of carbonyl (C=O) groups is 1. The summed E-state index contributed by atoms with van der Waals surface area (Å²) in [5, 5.41) is 7.59. The molecule has 1 unspecified atom stereocenters. The third-order valence-corrected chi connectivity index (χ3v) is 4.86. The maximum Gasteiger partial charge on any atom is 0.255 e. The van der Waals surface area contributed by atoms with Gasteiger partial charge in [0, 0.05) is 5.56 Å². The Bertz CT molecular complexity index is 824. The van der Waals surface area contributed by atoms with E-state index < -0.39 is 0 Å². The number of anilines is 1. The maximum absolute atomic E-state index is 12.5. The zero-order valence-electron chi connectivity index (χ0n) is 12.9. The van der Waals surface area contributed by atoms with Crippen molar-refractivity contribution in [2.75, 3.05) is 11.9 Å². The van der Waals surface area contributed by atoms with Crippen LogP contribution in [0.4, 0.5) is 5.00 Å². The molecule has 0 aliphatic carbocycles. The van der Waals surface area contributed by atoms with Gasteiger partial charge in [0.05, 0.1) is 12.2 Å². The van der Waals surface area contributed by atoms with Gasteiger partial charge in [-0.05, 0) is 19.4 Å². The molecule has 0 spiro atoms. The molecule has 1 aromatic carbocycles. The summed E-state index contributed by atoms with van der Waals surface area (Å²) in [5.41, 5.74) is 1.68. The first kappa shape index (κ1) is 15.0. The van der Waals surface area contributed by atoms with Gasteiger partial charge < -0.3 is 15.1 Å². The second-order valence-corrected chi connectivity index (χ2v) is 6.54. The second-order valence-electron chi connectivity index (χ2n) is 5.54. The highest BCUT2D eigenvalue weighted by molar-refractivity contribution is 7.19. The lowest BCUT2D eigenvalue weighted by atomic mass is 10.1. The number of carbonyl (C=O) groups excluding carboxylic acids is 1. The molecule has 0 radical (unpaired) electrons. The molecule has 4 rings (SSSR count). The van der Waals surface area contributed by atoms with Crippen LogP contribution in [0.25, 0.3) is 22.2 Å². The zero-order chi connectivity index (χ0) is 16.4. The zero-order valence-corrected chi connectivity index (χ0v) is 13.7. The highest BCUT2D eigenvalue weighted by Gasteiger charge is 2.25. The van der Waals surface area contributed by atoms with Crippen LogP contribution in [-0.2, 0) is 4.79 Å². The number of oxazole rings is 1. The van der Waals surface area contributed by atoms with Crippen molar-refractivity contribution >= 4 is 22.2 Å². The number of rotatable bonds is 4. The predicted octanol–water partition coefficient (Wildman–Crippen LogP) is 3.16. The molecule has 2 N–H and O–H groups in total. The van der Waals surface area contributed by atoms with Gasteiger partial charge in [0.2, 0.25) is 5.91 Å². The summed E-state index contributed by atoms with van der Waals surface area (Å²) in [5.74, 6) is 0.434. The Morgan fingerprint density at radius 2 is 2.21 bits per heavy atom. The largest absolute Gasteiger partial charge is 0.443 e. The Balaban J connectivity index is 1.69. The van der Waals surface area contributed by atoms with E-state index in [1.165, 1.54) is 17.6 Å². The van der Waals surface area contributed by atoms with Crippen LogP contribution in [0.5, 0.6) is 0 Å². The monoisotopic (exact) mass is 340 g/mol. The van der Waals surface area contributed by atoms with Gasteiger partial charge in [0.15, 0.2) is 5.01 Å². The van der Waals surface area contributed by atoms with Crippen molar-refractivity contribution in [3.8, 4) is 22.2 Å². The summed E-state index contributed by atoms with van der Waals surface area (Å²) in [4.78, 5) is 21.2. The Morgan fingerprint density at radius 3 is 2.92 bits per heavy atom. The Labute approximate surface area is 142 Å². The van der Waals surface area contributed by atoms with Gasteiger partial charge >= 0.3 is 0 Å². The number of nitrogens with one attached hydrogen (secondary N) is 2. The van der Waals surface area contributed by atoms with E-state index in [0.29, 0.717) is 15.9 Å². The fraction of sp³-hybridized carbons (Fsp3) is 0.235. The van der Waals surface area contributed by atoms with Crippen LogP contribution in [0, 0.1) is 0 Å². The summed E-state index contributed by atoms with van der Waals surface area (Å²) in [7, 11) is 0. The van der Waals surface area contributed by atoms with Crippen molar-refractivity contribution in [3.05, 3.63) is 42.8 Å². The Kier molecular flexibility index (Phi) is 4.10. The molecule has 6 nitrogen and oxygen atoms in total. The standard InChI is InChI=1S/C17H16N4O2S/c22-14(12-7-4-8-18-12)21-16-13(11-5-2-1-3-6-11)20-17(24-16)15-19-9-10-23-15/h1-3,5-6,9-10,12,18H,4,7-8H2,(H,21,22). The van der Waals surface area contributed by atoms with Crippen LogP contribution in [0.15, 0.2) is 47.2 Å². The van der Waals surface area contributed by atoms with E-state index in [4.69, 9.17) is 4.42 Å². The third kappa shape index (κ3) is 2.95. The lowest BCUT2D eigenvalue weighted by molar-refractivity contribution is -0.117. The van der Waals surface area contributed by atoms with Crippen LogP contribution >= 0.6 is 11.3 Å². The summed E-state index contributed by atoms with van der Waals surface area (Å²) >= 11 is 1.37. The van der Waals surface area contributed by atoms with Crippen LogP contribution in [0.3, 0.4) is 0 Å². The van der Waals surface area contributed by atoms with Gasteiger partial charge in [0.1, 0.15) is 17.0 Å².